The molecule has 5 heteroatoms. The molecule has 2 rings (SSSR count). The van der Waals surface area contributed by atoms with E-state index in [1.807, 2.05) is 12.3 Å². The van der Waals surface area contributed by atoms with Crippen molar-refractivity contribution in [2.75, 3.05) is 0 Å². The average Bonchev–Trinajstić information content (AvgIpc) is 2.40. The molecule has 4 nitrogen and oxygen atoms in total. The average molecular weight is 288 g/mol. The Morgan fingerprint density at radius 3 is 2.65 bits per heavy atom. The first-order valence-electron chi connectivity index (χ1n) is 6.58. The molecular formula is C15H20N4S. The number of hydrogen-bond donors (Lipinski definition) is 1. The number of hydrogen-bond acceptors (Lipinski definition) is 5. The highest BCUT2D eigenvalue weighted by Crippen LogP contribution is 2.26. The van der Waals surface area contributed by atoms with Gasteiger partial charge >= 0.3 is 0 Å². The molecule has 0 unspecified atom stereocenters. The van der Waals surface area contributed by atoms with Gasteiger partial charge in [-0.05, 0) is 56.7 Å². The zero-order valence-electron chi connectivity index (χ0n) is 12.3. The summed E-state index contributed by atoms with van der Waals surface area (Å²) in [5, 5.41) is 5.37. The van der Waals surface area contributed by atoms with E-state index in [0.717, 1.165) is 16.6 Å². The van der Waals surface area contributed by atoms with Crippen molar-refractivity contribution < 1.29 is 0 Å². The lowest BCUT2D eigenvalue weighted by Gasteiger charge is -2.20. The standard InChI is InChI=1S/C15H20N4S/c1-11-7-12(9-19-15(2,3)4)8-17-14(11)20-13-5-6-16-10-18-13/h5-8,10,19H,9H2,1-4H3. The topological polar surface area (TPSA) is 50.7 Å². The van der Waals surface area contributed by atoms with Crippen LogP contribution in [0.5, 0.6) is 0 Å². The van der Waals surface area contributed by atoms with Gasteiger partial charge in [0.15, 0.2) is 0 Å². The van der Waals surface area contributed by atoms with Crippen LogP contribution < -0.4 is 5.32 Å². The highest BCUT2D eigenvalue weighted by molar-refractivity contribution is 7.99. The van der Waals surface area contributed by atoms with Gasteiger partial charge in [-0.1, -0.05) is 6.07 Å². The van der Waals surface area contributed by atoms with Crippen molar-refractivity contribution in [3.05, 3.63) is 42.0 Å². The van der Waals surface area contributed by atoms with Crippen molar-refractivity contribution in [3.63, 3.8) is 0 Å². The molecule has 0 aliphatic rings. The second-order valence-corrected chi connectivity index (χ2v) is 6.73. The van der Waals surface area contributed by atoms with Gasteiger partial charge in [-0.2, -0.15) is 0 Å². The van der Waals surface area contributed by atoms with E-state index in [1.54, 1.807) is 24.3 Å². The summed E-state index contributed by atoms with van der Waals surface area (Å²) in [6.07, 6.45) is 5.22. The third kappa shape index (κ3) is 4.58. The third-order valence-corrected chi connectivity index (χ3v) is 3.74. The lowest BCUT2D eigenvalue weighted by Crippen LogP contribution is -2.35. The van der Waals surface area contributed by atoms with E-state index in [0.29, 0.717) is 0 Å². The van der Waals surface area contributed by atoms with Crippen LogP contribution in [-0.2, 0) is 6.54 Å². The normalized spacial score (nSPS) is 11.6. The minimum absolute atomic E-state index is 0.113. The molecule has 0 spiro atoms. The summed E-state index contributed by atoms with van der Waals surface area (Å²) in [5.74, 6) is 0. The number of nitrogens with one attached hydrogen (secondary N) is 1. The third-order valence-electron chi connectivity index (χ3n) is 2.67. The van der Waals surface area contributed by atoms with Crippen LogP contribution >= 0.6 is 11.8 Å². The van der Waals surface area contributed by atoms with Gasteiger partial charge in [0, 0.05) is 24.5 Å². The van der Waals surface area contributed by atoms with Gasteiger partial charge in [-0.25, -0.2) is 15.0 Å². The van der Waals surface area contributed by atoms with E-state index >= 15 is 0 Å². The smallest absolute Gasteiger partial charge is 0.116 e. The molecule has 0 saturated heterocycles. The number of nitrogens with zero attached hydrogens (tertiary/aromatic N) is 3. The van der Waals surface area contributed by atoms with Crippen molar-refractivity contribution in [2.24, 2.45) is 0 Å². The highest BCUT2D eigenvalue weighted by atomic mass is 32.2. The Hall–Kier alpha value is -1.46. The van der Waals surface area contributed by atoms with Crippen molar-refractivity contribution >= 4 is 11.8 Å². The molecule has 20 heavy (non-hydrogen) atoms. The molecule has 0 aliphatic carbocycles. The van der Waals surface area contributed by atoms with Gasteiger partial charge in [0.2, 0.25) is 0 Å². The van der Waals surface area contributed by atoms with Crippen molar-refractivity contribution in [1.29, 1.82) is 0 Å². The maximum absolute atomic E-state index is 4.54. The summed E-state index contributed by atoms with van der Waals surface area (Å²) in [7, 11) is 0. The highest BCUT2D eigenvalue weighted by Gasteiger charge is 2.10. The molecule has 0 saturated carbocycles. The number of aromatic nitrogens is 3. The SMILES string of the molecule is Cc1cc(CNC(C)(C)C)cnc1Sc1ccncn1. The minimum atomic E-state index is 0.113. The van der Waals surface area contributed by atoms with Crippen LogP contribution in [0.3, 0.4) is 0 Å². The Morgan fingerprint density at radius 2 is 2.05 bits per heavy atom. The van der Waals surface area contributed by atoms with E-state index in [1.165, 1.54) is 11.1 Å². The van der Waals surface area contributed by atoms with E-state index in [9.17, 15) is 0 Å². The summed E-state index contributed by atoms with van der Waals surface area (Å²) in [5.41, 5.74) is 2.48. The first-order chi connectivity index (χ1) is 9.44. The monoisotopic (exact) mass is 288 g/mol. The van der Waals surface area contributed by atoms with E-state index in [2.05, 4.69) is 54.0 Å². The van der Waals surface area contributed by atoms with Gasteiger partial charge < -0.3 is 5.32 Å². The predicted molar refractivity (Wildman–Crippen MR) is 81.7 cm³/mol. The lowest BCUT2D eigenvalue weighted by atomic mass is 10.1. The van der Waals surface area contributed by atoms with Crippen LogP contribution in [-0.4, -0.2) is 20.5 Å². The molecule has 106 valence electrons. The maximum Gasteiger partial charge on any atom is 0.116 e. The number of aryl methyl sites for hydroxylation is 1. The molecular weight excluding hydrogens is 268 g/mol. The van der Waals surface area contributed by atoms with Gasteiger partial charge in [0.25, 0.3) is 0 Å². The Labute approximate surface area is 124 Å². The molecule has 0 atom stereocenters. The summed E-state index contributed by atoms with van der Waals surface area (Å²) in [6, 6.07) is 4.07. The van der Waals surface area contributed by atoms with Crippen LogP contribution in [0.4, 0.5) is 0 Å². The molecule has 1 N–H and O–H groups in total. The summed E-state index contributed by atoms with van der Waals surface area (Å²) >= 11 is 1.56. The largest absolute Gasteiger partial charge is 0.308 e. The van der Waals surface area contributed by atoms with Crippen LogP contribution in [0.2, 0.25) is 0 Å². The molecule has 0 amide bonds. The minimum Gasteiger partial charge on any atom is -0.308 e. The van der Waals surface area contributed by atoms with Gasteiger partial charge in [-0.3, -0.25) is 0 Å². The van der Waals surface area contributed by atoms with Crippen LogP contribution in [0.15, 0.2) is 40.9 Å². The second kappa shape index (κ2) is 6.33. The fraction of sp³-hybridized carbons (Fsp3) is 0.400. The van der Waals surface area contributed by atoms with Gasteiger partial charge in [-0.15, -0.1) is 0 Å². The van der Waals surface area contributed by atoms with Crippen molar-refractivity contribution in [1.82, 2.24) is 20.3 Å². The number of pyridine rings is 1. The lowest BCUT2D eigenvalue weighted by molar-refractivity contribution is 0.424. The fourth-order valence-electron chi connectivity index (χ4n) is 1.63. The second-order valence-electron chi connectivity index (χ2n) is 5.72. The Morgan fingerprint density at radius 1 is 1.25 bits per heavy atom. The first-order valence-corrected chi connectivity index (χ1v) is 7.40. The first kappa shape index (κ1) is 14.9. The number of rotatable bonds is 4. The molecule has 2 aromatic rings. The summed E-state index contributed by atoms with van der Waals surface area (Å²) in [6.45, 7) is 9.39. The molecule has 0 fully saturated rings. The summed E-state index contributed by atoms with van der Waals surface area (Å²) in [4.78, 5) is 12.7. The van der Waals surface area contributed by atoms with Gasteiger partial charge in [0.05, 0.1) is 0 Å². The molecule has 0 aromatic carbocycles. The molecule has 0 radical (unpaired) electrons. The van der Waals surface area contributed by atoms with Crippen LogP contribution in [0, 0.1) is 6.92 Å². The van der Waals surface area contributed by atoms with Gasteiger partial charge in [0.1, 0.15) is 16.4 Å². The Kier molecular flexibility index (Phi) is 4.73. The molecule has 0 aliphatic heterocycles. The molecule has 2 aromatic heterocycles. The zero-order valence-corrected chi connectivity index (χ0v) is 13.2. The zero-order chi connectivity index (χ0) is 14.6. The predicted octanol–water partition coefficient (Wildman–Crippen LogP) is 3.22. The molecule has 2 heterocycles. The van der Waals surface area contributed by atoms with Crippen molar-refractivity contribution in [3.8, 4) is 0 Å². The maximum atomic E-state index is 4.54. The molecule has 0 bridgehead atoms. The van der Waals surface area contributed by atoms with E-state index in [4.69, 9.17) is 0 Å². The van der Waals surface area contributed by atoms with E-state index < -0.39 is 0 Å². The Balaban J connectivity index is 2.06. The van der Waals surface area contributed by atoms with Crippen LogP contribution in [0.1, 0.15) is 31.9 Å². The quantitative estimate of drug-likeness (QED) is 0.875. The summed E-state index contributed by atoms with van der Waals surface area (Å²) < 4.78 is 0. The van der Waals surface area contributed by atoms with E-state index in [-0.39, 0.29) is 5.54 Å². The van der Waals surface area contributed by atoms with Crippen LogP contribution in [0.25, 0.3) is 0 Å². The van der Waals surface area contributed by atoms with Crippen molar-refractivity contribution in [2.45, 2.75) is 49.8 Å². The fourth-order valence-corrected chi connectivity index (χ4v) is 2.38. The Bertz CT molecular complexity index is 564.